The molecule has 120 valence electrons. The van der Waals surface area contributed by atoms with E-state index in [1.54, 1.807) is 12.3 Å². The molecule has 0 bridgehead atoms. The van der Waals surface area contributed by atoms with Crippen LogP contribution in [0.3, 0.4) is 0 Å². The summed E-state index contributed by atoms with van der Waals surface area (Å²) in [4.78, 5) is 7.25. The molecule has 0 aliphatic carbocycles. The maximum atomic E-state index is 12.3. The molecule has 0 saturated carbocycles. The number of aryl methyl sites for hydroxylation is 1. The Bertz CT molecular complexity index is 740. The number of hydrogen-bond acceptors (Lipinski definition) is 5. The zero-order valence-electron chi connectivity index (χ0n) is 12.7. The summed E-state index contributed by atoms with van der Waals surface area (Å²) in [5.41, 5.74) is 0.882. The Morgan fingerprint density at radius 2 is 1.95 bits per heavy atom. The largest absolute Gasteiger partial charge is 0.493 e. The van der Waals surface area contributed by atoms with Crippen LogP contribution in [0, 0.1) is 6.92 Å². The minimum Gasteiger partial charge on any atom is -0.493 e. The first-order chi connectivity index (χ1) is 10.5. The van der Waals surface area contributed by atoms with Crippen molar-refractivity contribution in [2.24, 2.45) is 0 Å². The predicted molar refractivity (Wildman–Crippen MR) is 81.8 cm³/mol. The lowest BCUT2D eigenvalue weighted by Crippen LogP contribution is -2.26. The second kappa shape index (κ2) is 6.80. The SMILES string of the molecule is COc1ccc(S(=O)(=O)NCCc2cnc(C)[nH]2)cc1OC. The molecular formula is C14H19N3O4S. The van der Waals surface area contributed by atoms with Gasteiger partial charge in [0.05, 0.1) is 19.1 Å². The molecule has 0 fully saturated rings. The van der Waals surface area contributed by atoms with Gasteiger partial charge in [0.15, 0.2) is 11.5 Å². The van der Waals surface area contributed by atoms with Crippen LogP contribution in [0.4, 0.5) is 0 Å². The number of imidazole rings is 1. The molecule has 1 aromatic carbocycles. The molecule has 0 aliphatic heterocycles. The fourth-order valence-electron chi connectivity index (χ4n) is 1.99. The van der Waals surface area contributed by atoms with Crippen LogP contribution >= 0.6 is 0 Å². The summed E-state index contributed by atoms with van der Waals surface area (Å²) in [5, 5.41) is 0. The number of methoxy groups -OCH3 is 2. The fourth-order valence-corrected chi connectivity index (χ4v) is 3.03. The number of benzene rings is 1. The number of aromatic amines is 1. The van der Waals surface area contributed by atoms with Gasteiger partial charge in [0.1, 0.15) is 5.82 Å². The molecule has 0 unspecified atom stereocenters. The van der Waals surface area contributed by atoms with Gasteiger partial charge < -0.3 is 14.5 Å². The van der Waals surface area contributed by atoms with Crippen molar-refractivity contribution in [3.05, 3.63) is 35.9 Å². The molecule has 7 nitrogen and oxygen atoms in total. The second-order valence-corrected chi connectivity index (χ2v) is 6.43. The van der Waals surface area contributed by atoms with E-state index >= 15 is 0 Å². The van der Waals surface area contributed by atoms with E-state index in [9.17, 15) is 8.42 Å². The molecular weight excluding hydrogens is 306 g/mol. The molecule has 2 N–H and O–H groups in total. The number of H-pyrrole nitrogens is 1. The molecule has 0 atom stereocenters. The van der Waals surface area contributed by atoms with Crippen LogP contribution in [0.15, 0.2) is 29.3 Å². The first-order valence-corrected chi connectivity index (χ1v) is 8.17. The first-order valence-electron chi connectivity index (χ1n) is 6.68. The maximum Gasteiger partial charge on any atom is 0.240 e. The number of aromatic nitrogens is 2. The van der Waals surface area contributed by atoms with Crippen molar-refractivity contribution >= 4 is 10.0 Å². The van der Waals surface area contributed by atoms with Crippen molar-refractivity contribution in [3.8, 4) is 11.5 Å². The fraction of sp³-hybridized carbons (Fsp3) is 0.357. The van der Waals surface area contributed by atoms with Crippen molar-refractivity contribution in [3.63, 3.8) is 0 Å². The summed E-state index contributed by atoms with van der Waals surface area (Å²) in [6.45, 7) is 2.12. The molecule has 0 saturated heterocycles. The van der Waals surface area contributed by atoms with Gasteiger partial charge in [-0.3, -0.25) is 0 Å². The minimum absolute atomic E-state index is 0.131. The minimum atomic E-state index is -3.60. The van der Waals surface area contributed by atoms with Crippen LogP contribution in [0.1, 0.15) is 11.5 Å². The van der Waals surface area contributed by atoms with Crippen LogP contribution in [0.5, 0.6) is 11.5 Å². The molecule has 0 spiro atoms. The van der Waals surface area contributed by atoms with Gasteiger partial charge in [-0.15, -0.1) is 0 Å². The van der Waals surface area contributed by atoms with Crippen LogP contribution in [-0.2, 0) is 16.4 Å². The van der Waals surface area contributed by atoms with Crippen molar-refractivity contribution in [1.29, 1.82) is 0 Å². The van der Waals surface area contributed by atoms with Crippen molar-refractivity contribution in [2.75, 3.05) is 20.8 Å². The number of hydrogen-bond donors (Lipinski definition) is 2. The zero-order valence-corrected chi connectivity index (χ0v) is 13.5. The summed E-state index contributed by atoms with van der Waals surface area (Å²) in [6, 6.07) is 4.47. The Morgan fingerprint density at radius 1 is 1.23 bits per heavy atom. The van der Waals surface area contributed by atoms with Gasteiger partial charge in [-0.25, -0.2) is 18.1 Å². The second-order valence-electron chi connectivity index (χ2n) is 4.66. The van der Waals surface area contributed by atoms with Gasteiger partial charge in [0, 0.05) is 30.9 Å². The zero-order chi connectivity index (χ0) is 16.2. The van der Waals surface area contributed by atoms with Crippen LogP contribution in [0.25, 0.3) is 0 Å². The van der Waals surface area contributed by atoms with Crippen molar-refractivity contribution < 1.29 is 17.9 Å². The average Bonchev–Trinajstić information content (AvgIpc) is 2.91. The van der Waals surface area contributed by atoms with E-state index < -0.39 is 10.0 Å². The number of rotatable bonds is 7. The van der Waals surface area contributed by atoms with Crippen molar-refractivity contribution in [2.45, 2.75) is 18.2 Å². The number of nitrogens with zero attached hydrogens (tertiary/aromatic N) is 1. The molecule has 2 rings (SSSR count). The lowest BCUT2D eigenvalue weighted by atomic mass is 10.3. The third-order valence-electron chi connectivity index (χ3n) is 3.11. The van der Waals surface area contributed by atoms with Crippen LogP contribution in [-0.4, -0.2) is 39.2 Å². The van der Waals surface area contributed by atoms with Crippen LogP contribution in [0.2, 0.25) is 0 Å². The third kappa shape index (κ3) is 3.77. The van der Waals surface area contributed by atoms with E-state index in [1.807, 2.05) is 6.92 Å². The monoisotopic (exact) mass is 325 g/mol. The van der Waals surface area contributed by atoms with Gasteiger partial charge in [-0.1, -0.05) is 0 Å². The molecule has 8 heteroatoms. The predicted octanol–water partition coefficient (Wildman–Crippen LogP) is 1.26. The summed E-state index contributed by atoms with van der Waals surface area (Å²) >= 11 is 0. The summed E-state index contributed by atoms with van der Waals surface area (Å²) in [7, 11) is -0.644. The highest BCUT2D eigenvalue weighted by atomic mass is 32.2. The van der Waals surface area contributed by atoms with E-state index in [0.29, 0.717) is 17.9 Å². The molecule has 2 aromatic rings. The molecule has 0 amide bonds. The van der Waals surface area contributed by atoms with Gasteiger partial charge in [0.2, 0.25) is 10.0 Å². The Balaban J connectivity index is 2.06. The normalized spacial score (nSPS) is 11.4. The van der Waals surface area contributed by atoms with Gasteiger partial charge >= 0.3 is 0 Å². The number of nitrogens with one attached hydrogen (secondary N) is 2. The van der Waals surface area contributed by atoms with Gasteiger partial charge in [-0.2, -0.15) is 0 Å². The summed E-state index contributed by atoms with van der Waals surface area (Å²) in [6.07, 6.45) is 2.23. The average molecular weight is 325 g/mol. The highest BCUT2D eigenvalue weighted by Gasteiger charge is 2.16. The Labute approximate surface area is 129 Å². The van der Waals surface area contributed by atoms with E-state index in [1.165, 1.54) is 26.4 Å². The van der Waals surface area contributed by atoms with Crippen molar-refractivity contribution in [1.82, 2.24) is 14.7 Å². The third-order valence-corrected chi connectivity index (χ3v) is 4.57. The van der Waals surface area contributed by atoms with E-state index in [2.05, 4.69) is 14.7 Å². The number of ether oxygens (including phenoxy) is 2. The summed E-state index contributed by atoms with van der Waals surface area (Å²) < 4.78 is 37.3. The molecule has 22 heavy (non-hydrogen) atoms. The van der Waals surface area contributed by atoms with E-state index in [-0.39, 0.29) is 11.4 Å². The lowest BCUT2D eigenvalue weighted by Gasteiger charge is -2.10. The Kier molecular flexibility index (Phi) is 5.04. The topological polar surface area (TPSA) is 93.3 Å². The maximum absolute atomic E-state index is 12.3. The smallest absolute Gasteiger partial charge is 0.240 e. The van der Waals surface area contributed by atoms with Gasteiger partial charge in [-0.05, 0) is 19.1 Å². The number of sulfonamides is 1. The Morgan fingerprint density at radius 3 is 2.55 bits per heavy atom. The molecule has 1 heterocycles. The molecule has 0 aliphatic rings. The van der Waals surface area contributed by atoms with E-state index in [0.717, 1.165) is 11.5 Å². The summed E-state index contributed by atoms with van der Waals surface area (Å²) in [5.74, 6) is 1.65. The van der Waals surface area contributed by atoms with E-state index in [4.69, 9.17) is 9.47 Å². The quantitative estimate of drug-likeness (QED) is 0.799. The molecule has 0 radical (unpaired) electrons. The highest BCUT2D eigenvalue weighted by molar-refractivity contribution is 7.89. The highest BCUT2D eigenvalue weighted by Crippen LogP contribution is 2.29. The Hall–Kier alpha value is -2.06. The van der Waals surface area contributed by atoms with Gasteiger partial charge in [0.25, 0.3) is 0 Å². The standard InChI is InChI=1S/C14H19N3O4S/c1-10-15-9-11(17-10)6-7-16-22(18,19)12-4-5-13(20-2)14(8-12)21-3/h4-5,8-9,16H,6-7H2,1-3H3,(H,15,17). The molecule has 1 aromatic heterocycles. The lowest BCUT2D eigenvalue weighted by molar-refractivity contribution is 0.354. The first kappa shape index (κ1) is 16.3. The van der Waals surface area contributed by atoms with Crippen LogP contribution < -0.4 is 14.2 Å².